The van der Waals surface area contributed by atoms with Gasteiger partial charge in [-0.1, -0.05) is 50.2 Å². The molecule has 0 heterocycles. The van der Waals surface area contributed by atoms with Crippen molar-refractivity contribution in [3.8, 4) is 0 Å². The lowest BCUT2D eigenvalue weighted by Gasteiger charge is -2.25. The van der Waals surface area contributed by atoms with Gasteiger partial charge in [-0.25, -0.2) is 10.2 Å². The number of nitrogens with one attached hydrogen (secondary N) is 4. The molecule has 2 atom stereocenters. The SMILES string of the molecule is CC(C)C[C@H](NC(=O)CNc1cccc2ccccc12)C(=O)N[C@H](C=O)CC(=NNC(N)=O)OC(C)(C)C. The number of hydrazone groups is 1. The normalized spacial score (nSPS) is 13.4. The van der Waals surface area contributed by atoms with Gasteiger partial charge in [0.25, 0.3) is 0 Å². The fourth-order valence-electron chi connectivity index (χ4n) is 3.69. The van der Waals surface area contributed by atoms with Crippen molar-refractivity contribution in [3.05, 3.63) is 42.5 Å². The van der Waals surface area contributed by atoms with Crippen LogP contribution in [0.4, 0.5) is 10.5 Å². The first-order valence-electron chi connectivity index (χ1n) is 12.5. The van der Waals surface area contributed by atoms with E-state index in [1.54, 1.807) is 20.8 Å². The Labute approximate surface area is 222 Å². The van der Waals surface area contributed by atoms with Crippen LogP contribution >= 0.6 is 0 Å². The number of amides is 4. The number of nitrogens with two attached hydrogens (primary N) is 1. The van der Waals surface area contributed by atoms with Gasteiger partial charge in [-0.2, -0.15) is 0 Å². The number of aldehydes is 1. The Hall–Kier alpha value is -4.15. The molecule has 0 aliphatic rings. The van der Waals surface area contributed by atoms with Crippen LogP contribution in [0.25, 0.3) is 10.8 Å². The zero-order valence-corrected chi connectivity index (χ0v) is 22.5. The van der Waals surface area contributed by atoms with Crippen molar-refractivity contribution < 1.29 is 23.9 Å². The number of carbonyl (C=O) groups is 4. The smallest absolute Gasteiger partial charge is 0.332 e. The average molecular weight is 527 g/mol. The van der Waals surface area contributed by atoms with Gasteiger partial charge in [-0.3, -0.25) is 9.59 Å². The van der Waals surface area contributed by atoms with E-state index in [0.717, 1.165) is 16.5 Å². The third-order valence-electron chi connectivity index (χ3n) is 5.19. The van der Waals surface area contributed by atoms with Gasteiger partial charge in [-0.15, -0.1) is 5.10 Å². The van der Waals surface area contributed by atoms with Gasteiger partial charge in [0.05, 0.1) is 19.0 Å². The third-order valence-corrected chi connectivity index (χ3v) is 5.19. The van der Waals surface area contributed by atoms with Crippen molar-refractivity contribution in [2.45, 2.75) is 65.1 Å². The van der Waals surface area contributed by atoms with Gasteiger partial charge in [0.1, 0.15) is 17.9 Å². The number of urea groups is 1. The van der Waals surface area contributed by atoms with E-state index in [4.69, 9.17) is 10.5 Å². The lowest BCUT2D eigenvalue weighted by Crippen LogP contribution is -2.52. The van der Waals surface area contributed by atoms with Crippen molar-refractivity contribution in [2.75, 3.05) is 11.9 Å². The minimum Gasteiger partial charge on any atom is -0.474 e. The van der Waals surface area contributed by atoms with E-state index < -0.39 is 29.6 Å². The Morgan fingerprint density at radius 1 is 1.05 bits per heavy atom. The number of ether oxygens (including phenoxy) is 1. The van der Waals surface area contributed by atoms with Crippen LogP contribution in [0.1, 0.15) is 47.5 Å². The Balaban J connectivity index is 2.06. The molecule has 206 valence electrons. The van der Waals surface area contributed by atoms with Crippen molar-refractivity contribution in [1.82, 2.24) is 16.1 Å². The summed E-state index contributed by atoms with van der Waals surface area (Å²) in [5.74, 6) is -0.789. The molecule has 0 radical (unpaired) electrons. The number of nitrogens with zero attached hydrogens (tertiary/aromatic N) is 1. The summed E-state index contributed by atoms with van der Waals surface area (Å²) < 4.78 is 5.69. The highest BCUT2D eigenvalue weighted by molar-refractivity contribution is 5.96. The molecule has 6 N–H and O–H groups in total. The Kier molecular flexibility index (Phi) is 11.1. The van der Waals surface area contributed by atoms with Crippen LogP contribution in [0, 0.1) is 5.92 Å². The molecule has 0 bridgehead atoms. The van der Waals surface area contributed by atoms with Gasteiger partial charge in [-0.05, 0) is 44.6 Å². The summed E-state index contributed by atoms with van der Waals surface area (Å²) >= 11 is 0. The van der Waals surface area contributed by atoms with Gasteiger partial charge >= 0.3 is 6.03 Å². The molecule has 0 fully saturated rings. The number of fused-ring (bicyclic) bond motifs is 1. The fourth-order valence-corrected chi connectivity index (χ4v) is 3.69. The first-order chi connectivity index (χ1) is 17.9. The number of hydrogen-bond donors (Lipinski definition) is 5. The van der Waals surface area contributed by atoms with Crippen LogP contribution in [0.3, 0.4) is 0 Å². The van der Waals surface area contributed by atoms with Crippen molar-refractivity contribution in [3.63, 3.8) is 0 Å². The molecule has 0 saturated heterocycles. The van der Waals surface area contributed by atoms with E-state index in [-0.39, 0.29) is 30.7 Å². The van der Waals surface area contributed by atoms with E-state index in [2.05, 4.69) is 26.5 Å². The first-order valence-corrected chi connectivity index (χ1v) is 12.5. The predicted octanol–water partition coefficient (Wildman–Crippen LogP) is 2.65. The molecule has 2 aromatic rings. The first kappa shape index (κ1) is 30.1. The van der Waals surface area contributed by atoms with Crippen molar-refractivity contribution in [2.24, 2.45) is 16.8 Å². The molecule has 11 nitrogen and oxygen atoms in total. The Bertz CT molecular complexity index is 1150. The van der Waals surface area contributed by atoms with E-state index in [0.29, 0.717) is 12.7 Å². The zero-order chi connectivity index (χ0) is 28.3. The molecule has 0 saturated carbocycles. The summed E-state index contributed by atoms with van der Waals surface area (Å²) in [5.41, 5.74) is 7.27. The van der Waals surface area contributed by atoms with E-state index in [9.17, 15) is 19.2 Å². The molecule has 0 aliphatic heterocycles. The number of rotatable bonds is 12. The summed E-state index contributed by atoms with van der Waals surface area (Å²) in [6.07, 6.45) is 0.776. The molecule has 11 heteroatoms. The van der Waals surface area contributed by atoms with Gasteiger partial charge < -0.3 is 31.2 Å². The molecule has 4 amide bonds. The van der Waals surface area contributed by atoms with Crippen LogP contribution in [0.5, 0.6) is 0 Å². The molecule has 0 spiro atoms. The summed E-state index contributed by atoms with van der Waals surface area (Å²) in [4.78, 5) is 48.7. The lowest BCUT2D eigenvalue weighted by molar-refractivity contribution is -0.129. The summed E-state index contributed by atoms with van der Waals surface area (Å²) in [6, 6.07) is 10.8. The zero-order valence-electron chi connectivity index (χ0n) is 22.5. The van der Waals surface area contributed by atoms with Crippen LogP contribution in [0.15, 0.2) is 47.6 Å². The molecule has 2 rings (SSSR count). The fraction of sp³-hybridized carbons (Fsp3) is 0.444. The van der Waals surface area contributed by atoms with Crippen LogP contribution in [0.2, 0.25) is 0 Å². The predicted molar refractivity (Wildman–Crippen MR) is 147 cm³/mol. The molecular weight excluding hydrogens is 488 g/mol. The highest BCUT2D eigenvalue weighted by Crippen LogP contribution is 2.22. The van der Waals surface area contributed by atoms with Gasteiger partial charge in [0.2, 0.25) is 17.7 Å². The maximum atomic E-state index is 13.1. The minimum absolute atomic E-state index is 0.0115. The summed E-state index contributed by atoms with van der Waals surface area (Å²) in [6.45, 7) is 9.11. The van der Waals surface area contributed by atoms with Crippen molar-refractivity contribution >= 4 is 46.5 Å². The molecule has 0 unspecified atom stereocenters. The van der Waals surface area contributed by atoms with Crippen LogP contribution in [-0.2, 0) is 19.1 Å². The van der Waals surface area contributed by atoms with Crippen molar-refractivity contribution in [1.29, 1.82) is 0 Å². The van der Waals surface area contributed by atoms with E-state index in [1.807, 2.05) is 56.3 Å². The molecule has 0 aliphatic carbocycles. The van der Waals surface area contributed by atoms with E-state index in [1.165, 1.54) is 0 Å². The molecule has 0 aromatic heterocycles. The number of primary amides is 1. The van der Waals surface area contributed by atoms with Crippen LogP contribution < -0.4 is 27.1 Å². The summed E-state index contributed by atoms with van der Waals surface area (Å²) in [7, 11) is 0. The van der Waals surface area contributed by atoms with Gasteiger partial charge in [0.15, 0.2) is 0 Å². The standard InChI is InChI=1S/C27H38N6O5/c1-17(2)13-22(31-23(35)15-29-21-12-8-10-18-9-6-7-11-20(18)21)25(36)30-19(16-34)14-24(32-33-26(28)37)38-27(3,4)5/h6-12,16-17,19,22,29H,13-15H2,1-5H3,(H,30,36)(H,31,35)(H3,28,33,37)/t19-,22-/m0/s1. The largest absolute Gasteiger partial charge is 0.474 e. The number of benzene rings is 2. The second-order valence-electron chi connectivity index (χ2n) is 10.3. The average Bonchev–Trinajstić information content (AvgIpc) is 2.83. The maximum Gasteiger partial charge on any atom is 0.332 e. The highest BCUT2D eigenvalue weighted by Gasteiger charge is 2.26. The number of anilines is 1. The molecule has 2 aromatic carbocycles. The third kappa shape index (κ3) is 10.5. The topological polar surface area (TPSA) is 164 Å². The quantitative estimate of drug-likeness (QED) is 0.123. The minimum atomic E-state index is -1.02. The highest BCUT2D eigenvalue weighted by atomic mass is 16.5. The lowest BCUT2D eigenvalue weighted by atomic mass is 10.0. The Morgan fingerprint density at radius 2 is 1.74 bits per heavy atom. The summed E-state index contributed by atoms with van der Waals surface area (Å²) in [5, 5.41) is 14.3. The number of carbonyl (C=O) groups excluding carboxylic acids is 4. The Morgan fingerprint density at radius 3 is 2.37 bits per heavy atom. The second-order valence-corrected chi connectivity index (χ2v) is 10.3. The van der Waals surface area contributed by atoms with Crippen LogP contribution in [-0.4, -0.2) is 54.3 Å². The maximum absolute atomic E-state index is 13.1. The molecular formula is C27H38N6O5. The number of hydrogen-bond acceptors (Lipinski definition) is 7. The van der Waals surface area contributed by atoms with Gasteiger partial charge in [0, 0.05) is 11.1 Å². The molecule has 38 heavy (non-hydrogen) atoms. The van der Waals surface area contributed by atoms with E-state index >= 15 is 0 Å². The monoisotopic (exact) mass is 526 g/mol. The second kappa shape index (κ2) is 14.0.